The minimum Gasteiger partial charge on any atom is -0.484 e. The van der Waals surface area contributed by atoms with Gasteiger partial charge >= 0.3 is 5.97 Å². The fourth-order valence-corrected chi connectivity index (χ4v) is 7.16. The monoisotopic (exact) mass is 604 g/mol. The number of likely N-dealkylation sites (tertiary alicyclic amines) is 1. The first-order valence-electron chi connectivity index (χ1n) is 13.6. The first kappa shape index (κ1) is 31.3. The summed E-state index contributed by atoms with van der Waals surface area (Å²) in [7, 11) is 3.01. The predicted octanol–water partition coefficient (Wildman–Crippen LogP) is 6.18. The van der Waals surface area contributed by atoms with Crippen LogP contribution in [0, 0.1) is 0 Å². The van der Waals surface area contributed by atoms with E-state index in [2.05, 4.69) is 32.7 Å². The van der Waals surface area contributed by atoms with E-state index in [1.165, 1.54) is 15.7 Å². The first-order valence-corrected chi connectivity index (χ1v) is 15.9. The Labute approximate surface area is 255 Å². The highest BCUT2D eigenvalue weighted by molar-refractivity contribution is 8.77. The smallest absolute Gasteiger partial charge is 0.334 e. The molecular weight excluding hydrogens is 569 g/mol. The molecule has 0 bridgehead atoms. The molecule has 0 spiro atoms. The molecule has 220 valence electrons. The van der Waals surface area contributed by atoms with E-state index in [1.54, 1.807) is 29.9 Å². The average molecular weight is 605 g/mol. The highest BCUT2D eigenvalue weighted by atomic mass is 33.1. The number of nitrogens with one attached hydrogen (secondary N) is 1. The number of esters is 1. The largest absolute Gasteiger partial charge is 0.484 e. The second-order valence-corrected chi connectivity index (χ2v) is 14.1. The summed E-state index contributed by atoms with van der Waals surface area (Å²) in [5, 5.41) is 2.28. The van der Waals surface area contributed by atoms with Crippen molar-refractivity contribution in [2.75, 3.05) is 6.61 Å². The Morgan fingerprint density at radius 1 is 0.929 bits per heavy atom. The molecular formula is C33H36N2O5S2. The van der Waals surface area contributed by atoms with E-state index in [-0.39, 0.29) is 17.3 Å². The minimum absolute atomic E-state index is 0.134. The molecule has 3 aromatic carbocycles. The zero-order chi connectivity index (χ0) is 30.3. The number of ether oxygens (including phenoxy) is 2. The SMILES string of the molecule is C=C(C)[C@@H](C(=O)OC(c1ccccc1)c1ccccc1)N1C(=O)[C@@H](NC(=O)COc2ccccc2)[C@@H]1SSC(C)(C)C. The molecule has 1 aliphatic rings. The lowest BCUT2D eigenvalue weighted by Gasteiger charge is -2.49. The standard InChI is InChI=1S/C33H36N2O5S2/c1-22(2)28(32(38)40-29(23-15-9-6-10-16-23)24-17-11-7-12-18-24)35-30(37)27(31(35)41-42-33(3,4)5)34-26(36)21-39-25-19-13-8-14-20-25/h6-20,27-29,31H,1,21H2,2-5H3,(H,34,36)/t27-,28+,31+/m1/s1. The van der Waals surface area contributed by atoms with Gasteiger partial charge in [-0.2, -0.15) is 0 Å². The van der Waals surface area contributed by atoms with Gasteiger partial charge in [0.05, 0.1) is 0 Å². The summed E-state index contributed by atoms with van der Waals surface area (Å²) < 4.78 is 11.6. The molecule has 0 aliphatic carbocycles. The molecule has 2 amide bonds. The maximum Gasteiger partial charge on any atom is 0.334 e. The van der Waals surface area contributed by atoms with Crippen molar-refractivity contribution in [1.82, 2.24) is 10.2 Å². The summed E-state index contributed by atoms with van der Waals surface area (Å²) in [4.78, 5) is 41.7. The van der Waals surface area contributed by atoms with Gasteiger partial charge in [0, 0.05) is 4.75 Å². The van der Waals surface area contributed by atoms with E-state index in [0.29, 0.717) is 11.3 Å². The van der Waals surface area contributed by atoms with Crippen LogP contribution in [0.25, 0.3) is 0 Å². The van der Waals surface area contributed by atoms with Gasteiger partial charge in [0.1, 0.15) is 17.2 Å². The Balaban J connectivity index is 1.54. The second-order valence-electron chi connectivity index (χ2n) is 11.0. The third-order valence-electron chi connectivity index (χ3n) is 6.31. The van der Waals surface area contributed by atoms with Crippen LogP contribution in [-0.2, 0) is 19.1 Å². The summed E-state index contributed by atoms with van der Waals surface area (Å²) in [5.74, 6) is -0.834. The van der Waals surface area contributed by atoms with Crippen molar-refractivity contribution in [1.29, 1.82) is 0 Å². The molecule has 1 N–H and O–H groups in total. The summed E-state index contributed by atoms with van der Waals surface area (Å²) >= 11 is 0. The lowest BCUT2D eigenvalue weighted by molar-refractivity contribution is -0.165. The summed E-state index contributed by atoms with van der Waals surface area (Å²) in [6, 6.07) is 26.1. The molecule has 1 heterocycles. The molecule has 0 saturated carbocycles. The van der Waals surface area contributed by atoms with Crippen LogP contribution in [0.5, 0.6) is 5.75 Å². The van der Waals surface area contributed by atoms with Crippen molar-refractivity contribution >= 4 is 39.4 Å². The Hall–Kier alpha value is -3.69. The van der Waals surface area contributed by atoms with E-state index in [1.807, 2.05) is 78.9 Å². The van der Waals surface area contributed by atoms with Crippen molar-refractivity contribution in [3.63, 3.8) is 0 Å². The molecule has 1 saturated heterocycles. The zero-order valence-corrected chi connectivity index (χ0v) is 25.8. The minimum atomic E-state index is -1.03. The van der Waals surface area contributed by atoms with Crippen LogP contribution < -0.4 is 10.1 Å². The number of hydrogen-bond acceptors (Lipinski definition) is 7. The van der Waals surface area contributed by atoms with Gasteiger partial charge in [0.25, 0.3) is 5.91 Å². The van der Waals surface area contributed by atoms with Crippen LogP contribution in [0.15, 0.2) is 103 Å². The topological polar surface area (TPSA) is 84.9 Å². The van der Waals surface area contributed by atoms with Crippen molar-refractivity contribution in [3.05, 3.63) is 114 Å². The number of rotatable bonds is 12. The number of nitrogens with zero attached hydrogens (tertiary/aromatic N) is 1. The predicted molar refractivity (Wildman–Crippen MR) is 169 cm³/mol. The number of para-hydroxylation sites is 1. The maximum absolute atomic E-state index is 13.9. The highest BCUT2D eigenvalue weighted by Gasteiger charge is 2.54. The number of β-lactam (4-membered cyclic amide) rings is 1. The zero-order valence-electron chi connectivity index (χ0n) is 24.2. The van der Waals surface area contributed by atoms with E-state index in [9.17, 15) is 14.4 Å². The van der Waals surface area contributed by atoms with Crippen molar-refractivity contribution in [2.45, 2.75) is 56.0 Å². The maximum atomic E-state index is 13.9. The van der Waals surface area contributed by atoms with Crippen molar-refractivity contribution < 1.29 is 23.9 Å². The van der Waals surface area contributed by atoms with E-state index in [0.717, 1.165) is 11.1 Å². The number of hydrogen-bond donors (Lipinski definition) is 1. The molecule has 9 heteroatoms. The van der Waals surface area contributed by atoms with Crippen LogP contribution in [0.4, 0.5) is 0 Å². The quantitative estimate of drug-likeness (QED) is 0.114. The molecule has 7 nitrogen and oxygen atoms in total. The van der Waals surface area contributed by atoms with Gasteiger partial charge in [-0.1, -0.05) is 128 Å². The van der Waals surface area contributed by atoms with E-state index in [4.69, 9.17) is 9.47 Å². The molecule has 4 rings (SSSR count). The molecule has 42 heavy (non-hydrogen) atoms. The van der Waals surface area contributed by atoms with Gasteiger partial charge in [-0.3, -0.25) is 9.59 Å². The van der Waals surface area contributed by atoms with Crippen LogP contribution in [0.3, 0.4) is 0 Å². The fourth-order valence-electron chi connectivity index (χ4n) is 4.39. The number of amides is 2. The molecule has 0 unspecified atom stereocenters. The molecule has 1 fully saturated rings. The lowest BCUT2D eigenvalue weighted by Crippen LogP contribution is -2.73. The van der Waals surface area contributed by atoms with Gasteiger partial charge in [0.2, 0.25) is 5.91 Å². The first-order chi connectivity index (χ1) is 20.0. The van der Waals surface area contributed by atoms with E-state index >= 15 is 0 Å². The molecule has 0 radical (unpaired) electrons. The summed E-state index contributed by atoms with van der Waals surface area (Å²) in [6.07, 6.45) is -0.668. The van der Waals surface area contributed by atoms with Crippen molar-refractivity contribution in [2.24, 2.45) is 0 Å². The molecule has 0 aromatic heterocycles. The van der Waals surface area contributed by atoms with Crippen LogP contribution in [0.2, 0.25) is 0 Å². The second kappa shape index (κ2) is 14.0. The van der Waals surface area contributed by atoms with Gasteiger partial charge in [-0.15, -0.1) is 0 Å². The Kier molecular flexibility index (Phi) is 10.4. The van der Waals surface area contributed by atoms with Gasteiger partial charge in [0.15, 0.2) is 18.8 Å². The number of benzene rings is 3. The van der Waals surface area contributed by atoms with Crippen LogP contribution in [-0.4, -0.2) is 51.5 Å². The van der Waals surface area contributed by atoms with Gasteiger partial charge in [-0.05, 0) is 35.8 Å². The highest BCUT2D eigenvalue weighted by Crippen LogP contribution is 2.45. The summed E-state index contributed by atoms with van der Waals surface area (Å²) in [5.41, 5.74) is 2.09. The molecule has 3 atom stereocenters. The normalized spacial score (nSPS) is 17.3. The van der Waals surface area contributed by atoms with E-state index < -0.39 is 35.4 Å². The molecule has 1 aliphatic heterocycles. The summed E-state index contributed by atoms with van der Waals surface area (Å²) in [6.45, 7) is 11.7. The third kappa shape index (κ3) is 7.98. The van der Waals surface area contributed by atoms with Crippen LogP contribution >= 0.6 is 21.6 Å². The van der Waals surface area contributed by atoms with Crippen LogP contribution in [0.1, 0.15) is 44.9 Å². The van der Waals surface area contributed by atoms with Gasteiger partial charge < -0.3 is 19.7 Å². The Bertz CT molecular complexity index is 1340. The average Bonchev–Trinajstić information content (AvgIpc) is 2.98. The third-order valence-corrected chi connectivity index (χ3v) is 9.99. The Morgan fingerprint density at radius 3 is 1.95 bits per heavy atom. The van der Waals surface area contributed by atoms with Gasteiger partial charge in [-0.25, -0.2) is 4.79 Å². The fraction of sp³-hybridized carbons (Fsp3) is 0.303. The number of carbonyl (C=O) groups is 3. The lowest BCUT2D eigenvalue weighted by atomic mass is 9.98. The van der Waals surface area contributed by atoms with Crippen molar-refractivity contribution in [3.8, 4) is 5.75 Å². The Morgan fingerprint density at radius 2 is 1.45 bits per heavy atom. The molecule has 3 aromatic rings. The number of carbonyl (C=O) groups excluding carboxylic acids is 3.